The molecule has 9 aromatic heterocycles. The van der Waals surface area contributed by atoms with Crippen molar-refractivity contribution in [1.29, 1.82) is 0 Å². The fourth-order valence-electron chi connectivity index (χ4n) is 17.6. The van der Waals surface area contributed by atoms with E-state index in [1.165, 1.54) is 32.3 Å². The van der Waals surface area contributed by atoms with E-state index in [0.29, 0.717) is 16.9 Å². The second-order valence-corrected chi connectivity index (χ2v) is 31.5. The Bertz CT molecular complexity index is 8470. The van der Waals surface area contributed by atoms with Crippen LogP contribution < -0.4 is 11.5 Å². The first kappa shape index (κ1) is 71.3. The first-order chi connectivity index (χ1) is 59.2. The Balaban J connectivity index is 0.0000000998. The Morgan fingerprint density at radius 1 is 0.300 bits per heavy atom. The molecule has 0 spiro atoms. The summed E-state index contributed by atoms with van der Waals surface area (Å²) in [5.41, 5.74) is 35.5. The van der Waals surface area contributed by atoms with Gasteiger partial charge in [-0.15, -0.1) is 0 Å². The lowest BCUT2D eigenvalue weighted by Gasteiger charge is -2.11. The summed E-state index contributed by atoms with van der Waals surface area (Å²) in [7, 11) is 0. The van der Waals surface area contributed by atoms with Gasteiger partial charge in [-0.3, -0.25) is 9.20 Å². The number of hydrogen-bond donors (Lipinski definition) is 3. The average Bonchev–Trinajstić information content (AvgIpc) is 1.55. The number of halogens is 2. The summed E-state index contributed by atoms with van der Waals surface area (Å²) in [4.78, 5) is 24.9. The summed E-state index contributed by atoms with van der Waals surface area (Å²) in [5.74, 6) is 0.872. The Labute approximate surface area is 700 Å². The minimum Gasteiger partial charge on any atom is -0.456 e. The lowest BCUT2D eigenvalue weighted by molar-refractivity contribution is 0.112. The van der Waals surface area contributed by atoms with E-state index < -0.39 is 0 Å². The third kappa shape index (κ3) is 11.8. The zero-order valence-electron chi connectivity index (χ0n) is 64.0. The fraction of sp³-hybridized carbons (Fsp3) is 0. The van der Waals surface area contributed by atoms with Crippen molar-refractivity contribution in [2.75, 3.05) is 11.5 Å². The van der Waals surface area contributed by atoms with Gasteiger partial charge in [0.25, 0.3) is 0 Å². The minimum atomic E-state index is 0.646. The highest BCUT2D eigenvalue weighted by Crippen LogP contribution is 2.47. The molecule has 120 heavy (non-hydrogen) atoms. The lowest BCUT2D eigenvalue weighted by atomic mass is 10.0. The maximum absolute atomic E-state index is 11.4. The number of nitrogens with two attached hydrogens (primary N) is 2. The summed E-state index contributed by atoms with van der Waals surface area (Å²) in [6.07, 6.45) is 0.898. The summed E-state index contributed by atoms with van der Waals surface area (Å²) in [5, 5.41) is 17.4. The van der Waals surface area contributed by atoms with Crippen LogP contribution in [0.5, 0.6) is 0 Å². The molecule has 0 amide bonds. The number of aromatic amines is 1. The second-order valence-electron chi connectivity index (χ2n) is 29.8. The molecule has 570 valence electrons. The van der Waals surface area contributed by atoms with Crippen LogP contribution in [-0.4, -0.2) is 39.3 Å². The standard InChI is InChI=1S/C37H21N3O.C31H19N3O.C25H15NO2.C6H4Br2.C6H8N2/c1-2-10-22(11-3-1)39-32-21-28-26(23-12-4-7-15-30(23)40-31-16-8-6-14-29(31)38-37(28)40)20-27(32)24-18-19-34-35(36(24)39)25-13-5-9-17-33(25)41-34;1-2-8-20(9-3-1)34-26-18-19(31-32-24-11-5-6-12-25(24)33-31)14-15-21(26)22-16-17-28-29(30(22)34)23-10-4-7-13-27(23)35-28;27-15-16-10-11-18-19-12-13-23-24(20-8-4-5-9-22(20)28-23)25(19)26(21(18)14-16)17-6-2-1-3-7-17;2*7-5-3-1-2-4-6(5)8/h1-21H;1-18H,(H,32,33);1-15H;1-4H;1-4H,7-8H2. The molecule has 0 aliphatic rings. The topological polar surface area (TPSA) is 169 Å². The van der Waals surface area contributed by atoms with Gasteiger partial charge in [0, 0.05) is 96.4 Å². The van der Waals surface area contributed by atoms with Gasteiger partial charge in [0.05, 0.1) is 88.2 Å². The third-order valence-corrected chi connectivity index (χ3v) is 24.8. The Hall–Kier alpha value is -15.3. The van der Waals surface area contributed by atoms with E-state index >= 15 is 0 Å². The lowest BCUT2D eigenvalue weighted by Crippen LogP contribution is -1.95. The van der Waals surface area contributed by atoms with Gasteiger partial charge >= 0.3 is 0 Å². The van der Waals surface area contributed by atoms with Crippen LogP contribution in [0.4, 0.5) is 11.4 Å². The Kier molecular flexibility index (Phi) is 17.3. The molecule has 0 radical (unpaired) electrons. The molecule has 0 unspecified atom stereocenters. The van der Waals surface area contributed by atoms with Crippen molar-refractivity contribution in [3.05, 3.63) is 385 Å². The summed E-state index contributed by atoms with van der Waals surface area (Å²) in [6, 6.07) is 127. The highest BCUT2D eigenvalue weighted by atomic mass is 79.9. The van der Waals surface area contributed by atoms with Crippen molar-refractivity contribution in [3.8, 4) is 28.5 Å². The molecule has 0 atom stereocenters. The molecule has 0 saturated carbocycles. The molecule has 9 heterocycles. The van der Waals surface area contributed by atoms with Crippen LogP contribution in [-0.2, 0) is 0 Å². The molecule has 13 nitrogen and oxygen atoms in total. The molecule has 0 bridgehead atoms. The number of fused-ring (bicyclic) bond motifs is 30. The maximum Gasteiger partial charge on any atom is 0.150 e. The van der Waals surface area contributed by atoms with Gasteiger partial charge < -0.3 is 43.4 Å². The van der Waals surface area contributed by atoms with Gasteiger partial charge in [0.1, 0.15) is 51.3 Å². The second kappa shape index (κ2) is 29.2. The van der Waals surface area contributed by atoms with E-state index in [1.54, 1.807) is 12.1 Å². The number of nitrogen functional groups attached to an aromatic ring is 2. The monoisotopic (exact) mass is 1680 g/mol. The number of para-hydroxylation sites is 13. The predicted octanol–water partition coefficient (Wildman–Crippen LogP) is 28.6. The molecule has 5 N–H and O–H groups in total. The summed E-state index contributed by atoms with van der Waals surface area (Å²) in [6.45, 7) is 0. The van der Waals surface area contributed by atoms with Gasteiger partial charge in [-0.1, -0.05) is 200 Å². The van der Waals surface area contributed by atoms with Crippen molar-refractivity contribution in [3.63, 3.8) is 0 Å². The van der Waals surface area contributed by atoms with Crippen LogP contribution in [0.1, 0.15) is 10.4 Å². The zero-order valence-corrected chi connectivity index (χ0v) is 67.2. The molecule has 26 aromatic rings. The number of imidazole rings is 2. The molecule has 0 saturated heterocycles. The van der Waals surface area contributed by atoms with Crippen LogP contribution in [0.25, 0.3) is 209 Å². The van der Waals surface area contributed by atoms with Gasteiger partial charge in [0.2, 0.25) is 0 Å². The molecule has 17 aromatic carbocycles. The number of nitrogens with zero attached hydrogens (tertiary/aromatic N) is 6. The first-order valence-electron chi connectivity index (χ1n) is 39.5. The van der Waals surface area contributed by atoms with Gasteiger partial charge in [-0.05, 0) is 207 Å². The predicted molar refractivity (Wildman–Crippen MR) is 503 cm³/mol. The molecule has 0 aliphatic carbocycles. The van der Waals surface area contributed by atoms with Crippen LogP contribution >= 0.6 is 31.9 Å². The number of benzene rings is 17. The van der Waals surface area contributed by atoms with Gasteiger partial charge in [-0.25, -0.2) is 9.97 Å². The number of aldehydes is 1. The summed E-state index contributed by atoms with van der Waals surface area (Å²) < 4.78 is 30.2. The number of furan rings is 3. The van der Waals surface area contributed by atoms with Crippen molar-refractivity contribution in [2.45, 2.75) is 0 Å². The number of rotatable bonds is 5. The minimum absolute atomic E-state index is 0.646. The molecular formula is C105H67Br2N9O4. The molecular weight excluding hydrogens is 1610 g/mol. The van der Waals surface area contributed by atoms with Crippen molar-refractivity contribution in [1.82, 2.24) is 33.1 Å². The Morgan fingerprint density at radius 3 is 1.20 bits per heavy atom. The van der Waals surface area contributed by atoms with Crippen molar-refractivity contribution >= 4 is 230 Å². The zero-order chi connectivity index (χ0) is 80.2. The van der Waals surface area contributed by atoms with Crippen LogP contribution in [0, 0.1) is 0 Å². The molecule has 0 fully saturated rings. The third-order valence-electron chi connectivity index (χ3n) is 22.9. The molecule has 15 heteroatoms. The number of anilines is 2. The number of carbonyl (C=O) groups excluding carboxylic acids is 1. The van der Waals surface area contributed by atoms with Gasteiger partial charge in [0.15, 0.2) is 0 Å². The van der Waals surface area contributed by atoms with Crippen LogP contribution in [0.3, 0.4) is 0 Å². The SMILES string of the molecule is Brc1ccccc1Br.Nc1ccccc1N.O=Cc1ccc2c3ccc4oc5ccccc5c4c3n(-c3ccccc3)c2c1.c1ccc(-n2c3cc(-c4nc5ccccc5[nH]4)ccc3c3ccc4oc5ccccc5c4c32)cc1.c1ccc(-n2c3cc4c(cc3c3ccc5oc6ccccc6c5c32)c2ccccc2n2c3ccccc3nc42)cc1. The largest absolute Gasteiger partial charge is 0.456 e. The van der Waals surface area contributed by atoms with Crippen LogP contribution in [0.15, 0.2) is 392 Å². The first-order valence-corrected chi connectivity index (χ1v) is 41.1. The summed E-state index contributed by atoms with van der Waals surface area (Å²) >= 11 is 6.70. The number of pyridine rings is 1. The van der Waals surface area contributed by atoms with Gasteiger partial charge in [-0.2, -0.15) is 0 Å². The number of carbonyl (C=O) groups is 1. The average molecular weight is 1680 g/mol. The normalized spacial score (nSPS) is 11.7. The highest BCUT2D eigenvalue weighted by Gasteiger charge is 2.25. The van der Waals surface area contributed by atoms with E-state index in [1.807, 2.05) is 133 Å². The quantitative estimate of drug-likeness (QED) is 0.0869. The van der Waals surface area contributed by atoms with E-state index in [-0.39, 0.29) is 0 Å². The van der Waals surface area contributed by atoms with E-state index in [2.05, 4.69) is 279 Å². The fourth-order valence-corrected chi connectivity index (χ4v) is 18.1. The van der Waals surface area contributed by atoms with Crippen molar-refractivity contribution < 1.29 is 18.0 Å². The molecule has 0 aliphatic heterocycles. The number of hydrogen-bond acceptors (Lipinski definition) is 8. The number of H-pyrrole nitrogens is 1. The number of aromatic nitrogens is 7. The highest BCUT2D eigenvalue weighted by molar-refractivity contribution is 9.13. The van der Waals surface area contributed by atoms with Crippen LogP contribution in [0.2, 0.25) is 0 Å². The smallest absolute Gasteiger partial charge is 0.150 e. The maximum atomic E-state index is 11.4. The number of nitrogens with one attached hydrogen (secondary N) is 1. The Morgan fingerprint density at radius 2 is 0.700 bits per heavy atom. The molecule has 26 rings (SSSR count). The van der Waals surface area contributed by atoms with E-state index in [0.717, 1.165) is 192 Å². The van der Waals surface area contributed by atoms with E-state index in [4.69, 9.17) is 34.7 Å². The van der Waals surface area contributed by atoms with Crippen molar-refractivity contribution in [2.24, 2.45) is 0 Å². The van der Waals surface area contributed by atoms with E-state index in [9.17, 15) is 4.79 Å².